The first-order valence-corrected chi connectivity index (χ1v) is 11.4. The molecule has 36 heavy (non-hydrogen) atoms. The number of benzene rings is 1. The molecule has 0 radical (unpaired) electrons. The number of nitrogens with one attached hydrogen (secondary N) is 3. The molecule has 1 aliphatic heterocycles. The Hall–Kier alpha value is -4.02. The van der Waals surface area contributed by atoms with Gasteiger partial charge < -0.3 is 20.7 Å². The van der Waals surface area contributed by atoms with Crippen molar-refractivity contribution in [1.29, 1.82) is 0 Å². The van der Waals surface area contributed by atoms with Gasteiger partial charge in [0, 0.05) is 17.8 Å². The minimum atomic E-state index is -0.971. The number of ether oxygens (including phenoxy) is 1. The molecule has 194 valence electrons. The molecule has 1 atom stereocenters. The van der Waals surface area contributed by atoms with Crippen molar-refractivity contribution in [3.8, 4) is 0 Å². The maximum absolute atomic E-state index is 12.6. The van der Waals surface area contributed by atoms with E-state index in [-0.39, 0.29) is 25.0 Å². The SMILES string of the molecule is CC(C)C(NC(=O)CN1C(=O)C=CC1=O)C(=O)NCC(=O)Nc1ccc(COC(=O)C(C)(C)C)cc1. The first-order valence-electron chi connectivity index (χ1n) is 11.4. The van der Waals surface area contributed by atoms with Gasteiger partial charge in [0.15, 0.2) is 0 Å². The lowest BCUT2D eigenvalue weighted by atomic mass is 9.97. The topological polar surface area (TPSA) is 151 Å². The molecule has 1 aliphatic rings. The summed E-state index contributed by atoms with van der Waals surface area (Å²) in [6, 6.07) is 5.74. The van der Waals surface area contributed by atoms with Crippen LogP contribution in [-0.2, 0) is 40.1 Å². The molecule has 11 heteroatoms. The van der Waals surface area contributed by atoms with Crippen LogP contribution in [-0.4, -0.2) is 59.5 Å². The van der Waals surface area contributed by atoms with Crippen LogP contribution in [0, 0.1) is 11.3 Å². The van der Waals surface area contributed by atoms with Crippen molar-refractivity contribution in [2.45, 2.75) is 47.3 Å². The molecule has 1 heterocycles. The quantitative estimate of drug-likeness (QED) is 0.319. The molecular formula is C25H32N4O7. The standard InChI is InChI=1S/C25H32N4O7/c1-15(2)22(28-19(31)13-29-20(32)10-11-21(29)33)23(34)26-12-18(30)27-17-8-6-16(7-9-17)14-36-24(35)25(3,4)5/h6-11,15,22H,12-14H2,1-5H3,(H,26,34)(H,27,30)(H,28,31). The van der Waals surface area contributed by atoms with Crippen molar-refractivity contribution in [3.05, 3.63) is 42.0 Å². The number of anilines is 1. The molecular weight excluding hydrogens is 468 g/mol. The molecule has 0 saturated heterocycles. The van der Waals surface area contributed by atoms with Gasteiger partial charge in [-0.3, -0.25) is 33.7 Å². The van der Waals surface area contributed by atoms with Crippen molar-refractivity contribution in [1.82, 2.24) is 15.5 Å². The molecule has 2 rings (SSSR count). The van der Waals surface area contributed by atoms with Crippen LogP contribution in [0.2, 0.25) is 0 Å². The van der Waals surface area contributed by atoms with Crippen LogP contribution in [0.1, 0.15) is 40.2 Å². The Kier molecular flexibility index (Phi) is 9.48. The molecule has 1 aromatic rings. The van der Waals surface area contributed by atoms with E-state index in [2.05, 4.69) is 16.0 Å². The van der Waals surface area contributed by atoms with Gasteiger partial charge in [0.25, 0.3) is 11.8 Å². The summed E-state index contributed by atoms with van der Waals surface area (Å²) in [6.45, 7) is 7.97. The second kappa shape index (κ2) is 12.1. The van der Waals surface area contributed by atoms with Gasteiger partial charge in [0.05, 0.1) is 12.0 Å². The molecule has 0 aliphatic carbocycles. The van der Waals surface area contributed by atoms with E-state index in [0.29, 0.717) is 5.69 Å². The Morgan fingerprint density at radius 3 is 2.06 bits per heavy atom. The molecule has 0 aromatic heterocycles. The largest absolute Gasteiger partial charge is 0.460 e. The van der Waals surface area contributed by atoms with Crippen molar-refractivity contribution >= 4 is 41.2 Å². The zero-order chi connectivity index (χ0) is 27.0. The molecule has 1 aromatic carbocycles. The zero-order valence-corrected chi connectivity index (χ0v) is 21.0. The number of carbonyl (C=O) groups excluding carboxylic acids is 6. The third-order valence-corrected chi connectivity index (χ3v) is 5.11. The summed E-state index contributed by atoms with van der Waals surface area (Å²) in [5.41, 5.74) is 0.643. The summed E-state index contributed by atoms with van der Waals surface area (Å²) in [7, 11) is 0. The first-order chi connectivity index (χ1) is 16.8. The fraction of sp³-hybridized carbons (Fsp3) is 0.440. The lowest BCUT2D eigenvalue weighted by Gasteiger charge is -2.23. The van der Waals surface area contributed by atoms with E-state index in [1.165, 1.54) is 0 Å². The summed E-state index contributed by atoms with van der Waals surface area (Å²) in [4.78, 5) is 73.0. The van der Waals surface area contributed by atoms with Gasteiger partial charge >= 0.3 is 5.97 Å². The first kappa shape index (κ1) is 28.2. The predicted molar refractivity (Wildman–Crippen MR) is 130 cm³/mol. The number of carbonyl (C=O) groups is 6. The summed E-state index contributed by atoms with van der Waals surface area (Å²) < 4.78 is 5.25. The van der Waals surface area contributed by atoms with Crippen LogP contribution < -0.4 is 16.0 Å². The highest BCUT2D eigenvalue weighted by molar-refractivity contribution is 6.14. The highest BCUT2D eigenvalue weighted by atomic mass is 16.5. The van der Waals surface area contributed by atoms with Gasteiger partial charge in [0.2, 0.25) is 17.7 Å². The van der Waals surface area contributed by atoms with Crippen LogP contribution >= 0.6 is 0 Å². The maximum atomic E-state index is 12.6. The Balaban J connectivity index is 1.82. The number of imide groups is 1. The maximum Gasteiger partial charge on any atom is 0.311 e. The summed E-state index contributed by atoms with van der Waals surface area (Å²) in [6.07, 6.45) is 2.13. The Morgan fingerprint density at radius 1 is 0.944 bits per heavy atom. The van der Waals surface area contributed by atoms with E-state index in [1.807, 2.05) is 0 Å². The highest BCUT2D eigenvalue weighted by Gasteiger charge is 2.29. The second-order valence-corrected chi connectivity index (χ2v) is 9.67. The zero-order valence-electron chi connectivity index (χ0n) is 21.0. The lowest BCUT2D eigenvalue weighted by Crippen LogP contribution is -2.53. The molecule has 1 unspecified atom stereocenters. The normalized spacial score (nSPS) is 14.0. The predicted octanol–water partition coefficient (Wildman–Crippen LogP) is 0.896. The van der Waals surface area contributed by atoms with Gasteiger partial charge in [-0.25, -0.2) is 0 Å². The van der Waals surface area contributed by atoms with Gasteiger partial charge in [0.1, 0.15) is 19.2 Å². The third-order valence-electron chi connectivity index (χ3n) is 5.11. The molecule has 3 N–H and O–H groups in total. The van der Waals surface area contributed by atoms with Gasteiger partial charge in [-0.1, -0.05) is 26.0 Å². The average molecular weight is 501 g/mol. The van der Waals surface area contributed by atoms with E-state index in [1.54, 1.807) is 58.9 Å². The van der Waals surface area contributed by atoms with Crippen LogP contribution in [0.15, 0.2) is 36.4 Å². The average Bonchev–Trinajstić information content (AvgIpc) is 3.11. The number of hydrogen-bond acceptors (Lipinski definition) is 7. The van der Waals surface area contributed by atoms with E-state index in [0.717, 1.165) is 22.6 Å². The molecule has 11 nitrogen and oxygen atoms in total. The van der Waals surface area contributed by atoms with E-state index >= 15 is 0 Å². The third kappa shape index (κ3) is 8.33. The Labute approximate surface area is 209 Å². The monoisotopic (exact) mass is 500 g/mol. The summed E-state index contributed by atoms with van der Waals surface area (Å²) in [5.74, 6) is -3.58. The van der Waals surface area contributed by atoms with E-state index in [9.17, 15) is 28.8 Å². The van der Waals surface area contributed by atoms with Crippen LogP contribution in [0.4, 0.5) is 5.69 Å². The molecule has 0 fully saturated rings. The van der Waals surface area contributed by atoms with Gasteiger partial charge in [-0.2, -0.15) is 0 Å². The number of amides is 5. The number of hydrogen-bond donors (Lipinski definition) is 3. The number of nitrogens with zero attached hydrogens (tertiary/aromatic N) is 1. The van der Waals surface area contributed by atoms with Gasteiger partial charge in [-0.05, 0) is 44.4 Å². The highest BCUT2D eigenvalue weighted by Crippen LogP contribution is 2.17. The summed E-state index contributed by atoms with van der Waals surface area (Å²) >= 11 is 0. The van der Waals surface area contributed by atoms with Crippen LogP contribution in [0.25, 0.3) is 0 Å². The molecule has 5 amide bonds. The van der Waals surface area contributed by atoms with Crippen LogP contribution in [0.3, 0.4) is 0 Å². The van der Waals surface area contributed by atoms with E-state index < -0.39 is 47.5 Å². The second-order valence-electron chi connectivity index (χ2n) is 9.67. The molecule has 0 saturated carbocycles. The number of rotatable bonds is 10. The lowest BCUT2D eigenvalue weighted by molar-refractivity contribution is -0.154. The van der Waals surface area contributed by atoms with Crippen molar-refractivity contribution in [3.63, 3.8) is 0 Å². The minimum Gasteiger partial charge on any atom is -0.460 e. The fourth-order valence-corrected chi connectivity index (χ4v) is 3.02. The van der Waals surface area contributed by atoms with E-state index in [4.69, 9.17) is 4.74 Å². The van der Waals surface area contributed by atoms with Crippen LogP contribution in [0.5, 0.6) is 0 Å². The van der Waals surface area contributed by atoms with Crippen molar-refractivity contribution < 1.29 is 33.5 Å². The van der Waals surface area contributed by atoms with Crippen molar-refractivity contribution in [2.75, 3.05) is 18.4 Å². The minimum absolute atomic E-state index is 0.110. The summed E-state index contributed by atoms with van der Waals surface area (Å²) in [5, 5.41) is 7.62. The molecule has 0 bridgehead atoms. The fourth-order valence-electron chi connectivity index (χ4n) is 3.02. The van der Waals surface area contributed by atoms with Crippen molar-refractivity contribution in [2.24, 2.45) is 11.3 Å². The van der Waals surface area contributed by atoms with Gasteiger partial charge in [-0.15, -0.1) is 0 Å². The Bertz CT molecular complexity index is 1040. The molecule has 0 spiro atoms. The Morgan fingerprint density at radius 2 is 1.53 bits per heavy atom. The number of esters is 1. The smallest absolute Gasteiger partial charge is 0.311 e.